The van der Waals surface area contributed by atoms with Crippen molar-refractivity contribution in [2.75, 3.05) is 13.6 Å². The lowest BCUT2D eigenvalue weighted by Crippen LogP contribution is -2.42. The van der Waals surface area contributed by atoms with E-state index in [1.54, 1.807) is 6.92 Å². The Kier molecular flexibility index (Phi) is 4.57. The summed E-state index contributed by atoms with van der Waals surface area (Å²) in [6.07, 6.45) is 0.761. The number of rotatable bonds is 4. The molecule has 1 aromatic heterocycles. The van der Waals surface area contributed by atoms with Crippen molar-refractivity contribution in [3.63, 3.8) is 0 Å². The van der Waals surface area contributed by atoms with E-state index >= 15 is 0 Å². The summed E-state index contributed by atoms with van der Waals surface area (Å²) < 4.78 is 5.25. The number of carbonyl (C=O) groups is 1. The van der Waals surface area contributed by atoms with E-state index in [0.717, 1.165) is 18.5 Å². The molecule has 122 valence electrons. The molecule has 0 bridgehead atoms. The SMILES string of the molecule is Cc1noc(C2CC(NC(=O)NCc3ccccc3)CN2C)n1. The Morgan fingerprint density at radius 2 is 2.17 bits per heavy atom. The standard InChI is InChI=1S/C16H21N5O2/c1-11-18-15(23-20-11)14-8-13(10-21(14)2)19-16(22)17-9-12-6-4-3-5-7-12/h3-7,13-14H,8-10H2,1-2H3,(H2,17,19,22). The van der Waals surface area contributed by atoms with Crippen LogP contribution in [0.2, 0.25) is 0 Å². The second kappa shape index (κ2) is 6.78. The molecule has 1 aliphatic rings. The van der Waals surface area contributed by atoms with E-state index in [0.29, 0.717) is 18.3 Å². The number of nitrogens with one attached hydrogen (secondary N) is 2. The van der Waals surface area contributed by atoms with Gasteiger partial charge in [0.05, 0.1) is 6.04 Å². The molecule has 23 heavy (non-hydrogen) atoms. The zero-order valence-electron chi connectivity index (χ0n) is 13.3. The minimum Gasteiger partial charge on any atom is -0.338 e. The number of hydrogen-bond donors (Lipinski definition) is 2. The summed E-state index contributed by atoms with van der Waals surface area (Å²) in [5.74, 6) is 1.24. The van der Waals surface area contributed by atoms with Crippen molar-refractivity contribution in [2.24, 2.45) is 0 Å². The second-order valence-electron chi connectivity index (χ2n) is 5.88. The molecule has 2 aromatic rings. The molecule has 1 saturated heterocycles. The van der Waals surface area contributed by atoms with Gasteiger partial charge in [0.1, 0.15) is 0 Å². The van der Waals surface area contributed by atoms with Gasteiger partial charge in [0.15, 0.2) is 5.82 Å². The maximum absolute atomic E-state index is 12.0. The fourth-order valence-corrected chi connectivity index (χ4v) is 2.86. The minimum absolute atomic E-state index is 0.0515. The highest BCUT2D eigenvalue weighted by Crippen LogP contribution is 2.29. The number of nitrogens with zero attached hydrogens (tertiary/aromatic N) is 3. The summed E-state index contributed by atoms with van der Waals surface area (Å²) in [6, 6.07) is 9.79. The number of urea groups is 1. The van der Waals surface area contributed by atoms with Gasteiger partial charge in [0.2, 0.25) is 5.89 Å². The second-order valence-corrected chi connectivity index (χ2v) is 5.88. The van der Waals surface area contributed by atoms with Gasteiger partial charge >= 0.3 is 6.03 Å². The summed E-state index contributed by atoms with van der Waals surface area (Å²) in [7, 11) is 1.99. The maximum atomic E-state index is 12.0. The molecule has 0 spiro atoms. The van der Waals surface area contributed by atoms with Crippen molar-refractivity contribution in [2.45, 2.75) is 32.0 Å². The molecule has 2 heterocycles. The number of likely N-dealkylation sites (N-methyl/N-ethyl adjacent to an activating group) is 1. The molecule has 7 heteroatoms. The number of benzene rings is 1. The average Bonchev–Trinajstić information content (AvgIpc) is 3.12. The van der Waals surface area contributed by atoms with E-state index in [1.165, 1.54) is 0 Å². The summed E-state index contributed by atoms with van der Waals surface area (Å²) in [5, 5.41) is 9.72. The van der Waals surface area contributed by atoms with E-state index in [1.807, 2.05) is 37.4 Å². The first-order valence-electron chi connectivity index (χ1n) is 7.70. The van der Waals surface area contributed by atoms with Gasteiger partial charge in [0.25, 0.3) is 0 Å². The van der Waals surface area contributed by atoms with Crippen molar-refractivity contribution in [3.05, 3.63) is 47.6 Å². The summed E-state index contributed by atoms with van der Waals surface area (Å²) >= 11 is 0. The molecule has 1 aromatic carbocycles. The zero-order chi connectivity index (χ0) is 16.2. The predicted molar refractivity (Wildman–Crippen MR) is 84.6 cm³/mol. The molecule has 1 fully saturated rings. The largest absolute Gasteiger partial charge is 0.338 e. The number of hydrogen-bond acceptors (Lipinski definition) is 5. The average molecular weight is 315 g/mol. The first-order chi connectivity index (χ1) is 11.1. The normalized spacial score (nSPS) is 21.3. The third-order valence-electron chi connectivity index (χ3n) is 4.01. The van der Waals surface area contributed by atoms with Gasteiger partial charge in [-0.1, -0.05) is 35.5 Å². The molecule has 0 radical (unpaired) electrons. The molecular weight excluding hydrogens is 294 g/mol. The quantitative estimate of drug-likeness (QED) is 0.896. The molecule has 2 N–H and O–H groups in total. The van der Waals surface area contributed by atoms with Crippen LogP contribution in [0.3, 0.4) is 0 Å². The lowest BCUT2D eigenvalue weighted by atomic mass is 10.1. The molecule has 2 atom stereocenters. The first kappa shape index (κ1) is 15.5. The van der Waals surface area contributed by atoms with Crippen LogP contribution in [0.4, 0.5) is 4.79 Å². The molecule has 2 amide bonds. The third-order valence-corrected chi connectivity index (χ3v) is 4.01. The Morgan fingerprint density at radius 1 is 1.39 bits per heavy atom. The topological polar surface area (TPSA) is 83.3 Å². The highest BCUT2D eigenvalue weighted by atomic mass is 16.5. The Labute approximate surface area is 135 Å². The Hall–Kier alpha value is -2.41. The van der Waals surface area contributed by atoms with Crippen LogP contribution in [-0.4, -0.2) is 40.7 Å². The van der Waals surface area contributed by atoms with E-state index < -0.39 is 0 Å². The predicted octanol–water partition coefficient (Wildman–Crippen LogP) is 1.62. The monoisotopic (exact) mass is 315 g/mol. The van der Waals surface area contributed by atoms with Crippen molar-refractivity contribution in [1.82, 2.24) is 25.7 Å². The van der Waals surface area contributed by atoms with E-state index in [-0.39, 0.29) is 18.1 Å². The molecule has 3 rings (SSSR count). The minimum atomic E-state index is -0.158. The molecule has 2 unspecified atom stereocenters. The number of amides is 2. The summed E-state index contributed by atoms with van der Waals surface area (Å²) in [6.45, 7) is 3.07. The smallest absolute Gasteiger partial charge is 0.315 e. The van der Waals surface area contributed by atoms with Crippen LogP contribution in [0.15, 0.2) is 34.9 Å². The number of likely N-dealkylation sites (tertiary alicyclic amines) is 1. The molecule has 0 aliphatic carbocycles. The first-order valence-corrected chi connectivity index (χ1v) is 7.70. The van der Waals surface area contributed by atoms with Gasteiger partial charge in [-0.3, -0.25) is 4.90 Å². The fraction of sp³-hybridized carbons (Fsp3) is 0.438. The van der Waals surface area contributed by atoms with E-state index in [4.69, 9.17) is 4.52 Å². The van der Waals surface area contributed by atoms with Gasteiger partial charge < -0.3 is 15.2 Å². The van der Waals surface area contributed by atoms with Gasteiger partial charge in [-0.15, -0.1) is 0 Å². The van der Waals surface area contributed by atoms with Crippen LogP contribution in [0.5, 0.6) is 0 Å². The van der Waals surface area contributed by atoms with E-state index in [9.17, 15) is 4.79 Å². The van der Waals surface area contributed by atoms with Gasteiger partial charge in [0, 0.05) is 19.1 Å². The third kappa shape index (κ3) is 3.87. The van der Waals surface area contributed by atoms with Crippen LogP contribution in [-0.2, 0) is 6.54 Å². The van der Waals surface area contributed by atoms with Crippen molar-refractivity contribution in [1.29, 1.82) is 0 Å². The van der Waals surface area contributed by atoms with Crippen LogP contribution in [0.25, 0.3) is 0 Å². The van der Waals surface area contributed by atoms with Gasteiger partial charge in [-0.05, 0) is 26.0 Å². The lowest BCUT2D eigenvalue weighted by molar-refractivity contribution is 0.236. The van der Waals surface area contributed by atoms with Crippen molar-refractivity contribution < 1.29 is 9.32 Å². The molecule has 7 nitrogen and oxygen atoms in total. The molecular formula is C16H21N5O2. The zero-order valence-corrected chi connectivity index (χ0v) is 13.3. The Morgan fingerprint density at radius 3 is 2.87 bits per heavy atom. The molecule has 1 aliphatic heterocycles. The van der Waals surface area contributed by atoms with Crippen LogP contribution >= 0.6 is 0 Å². The van der Waals surface area contributed by atoms with Crippen LogP contribution < -0.4 is 10.6 Å². The van der Waals surface area contributed by atoms with Crippen LogP contribution in [0.1, 0.15) is 29.7 Å². The maximum Gasteiger partial charge on any atom is 0.315 e. The van der Waals surface area contributed by atoms with Crippen molar-refractivity contribution in [3.8, 4) is 0 Å². The van der Waals surface area contributed by atoms with Gasteiger partial charge in [-0.2, -0.15) is 4.98 Å². The summed E-state index contributed by atoms with van der Waals surface area (Å²) in [4.78, 5) is 18.4. The highest BCUT2D eigenvalue weighted by Gasteiger charge is 2.34. The lowest BCUT2D eigenvalue weighted by Gasteiger charge is -2.14. The van der Waals surface area contributed by atoms with Gasteiger partial charge in [-0.25, -0.2) is 4.79 Å². The molecule has 0 saturated carbocycles. The Balaban J connectivity index is 1.50. The number of aryl methyl sites for hydroxylation is 1. The fourth-order valence-electron chi connectivity index (χ4n) is 2.86. The van der Waals surface area contributed by atoms with Crippen molar-refractivity contribution >= 4 is 6.03 Å². The van der Waals surface area contributed by atoms with E-state index in [2.05, 4.69) is 25.7 Å². The number of aromatic nitrogens is 2. The summed E-state index contributed by atoms with van der Waals surface area (Å²) in [5.41, 5.74) is 1.07. The van der Waals surface area contributed by atoms with Crippen LogP contribution in [0, 0.1) is 6.92 Å². The Bertz CT molecular complexity index is 658. The highest BCUT2D eigenvalue weighted by molar-refractivity contribution is 5.74. The number of carbonyl (C=O) groups excluding carboxylic acids is 1.